The minimum atomic E-state index is -1.62. The average Bonchev–Trinajstić information content (AvgIpc) is 3.04. The third kappa shape index (κ3) is 18.1. The van der Waals surface area contributed by atoms with E-state index in [-0.39, 0.29) is 13.0 Å². The van der Waals surface area contributed by atoms with Crippen molar-refractivity contribution in [1.82, 2.24) is 5.32 Å². The van der Waals surface area contributed by atoms with E-state index in [2.05, 4.69) is 55.6 Å². The van der Waals surface area contributed by atoms with E-state index >= 15 is 0 Å². The smallest absolute Gasteiger partial charge is 0.249 e. The summed E-state index contributed by atoms with van der Waals surface area (Å²) >= 11 is 0. The molecule has 1 fully saturated rings. The third-order valence-corrected chi connectivity index (χ3v) is 7.69. The van der Waals surface area contributed by atoms with E-state index in [1.165, 1.54) is 12.8 Å². The highest BCUT2D eigenvalue weighted by molar-refractivity contribution is 5.80. The van der Waals surface area contributed by atoms with Crippen molar-refractivity contribution in [2.45, 2.75) is 153 Å². The van der Waals surface area contributed by atoms with Crippen molar-refractivity contribution in [3.05, 3.63) is 48.6 Å². The Morgan fingerprint density at radius 2 is 1.36 bits per heavy atom. The number of nitrogens with one attached hydrogen (secondary N) is 1. The molecule has 0 aromatic rings. The molecule has 10 heteroatoms. The molecule has 0 bridgehead atoms. The summed E-state index contributed by atoms with van der Waals surface area (Å²) in [5.41, 5.74) is 0. The molecule has 1 heterocycles. The standard InChI is InChI=1S/C35H61NO9/c1-3-5-7-9-11-13-14-16-17-19-21-23-28(38)27(26-44-35-33(42)32(41)31(40)30(25-37)45-35)36-34(43)29(39)24-22-20-18-15-12-10-8-6-4-2/h7,9-10,12,14,16,21,23,27-33,35,37-42H,3-6,8,11,13,15,17-20,22,24-26H2,1-2H3,(H,36,43)/b9-7+,12-10-,16-14+,23-21+. The SMILES string of the molecule is CCC/C=C/CC/C=C/CC/C=C/C(O)C(COC1OC(CO)C(O)C(O)C1O)NC(=O)C(O)CCCCC/C=C\CCCC. The largest absolute Gasteiger partial charge is 0.394 e. The first kappa shape index (κ1) is 41.1. The van der Waals surface area contributed by atoms with E-state index in [0.29, 0.717) is 12.8 Å². The van der Waals surface area contributed by atoms with E-state index in [4.69, 9.17) is 9.47 Å². The van der Waals surface area contributed by atoms with Crippen molar-refractivity contribution in [3.8, 4) is 0 Å². The molecule has 1 amide bonds. The van der Waals surface area contributed by atoms with Gasteiger partial charge in [0.05, 0.1) is 25.4 Å². The molecule has 1 rings (SSSR count). The maximum absolute atomic E-state index is 12.8. The lowest BCUT2D eigenvalue weighted by molar-refractivity contribution is -0.302. The van der Waals surface area contributed by atoms with Crippen LogP contribution in [0.25, 0.3) is 0 Å². The summed E-state index contributed by atoms with van der Waals surface area (Å²) in [7, 11) is 0. The molecule has 7 N–H and O–H groups in total. The number of carbonyl (C=O) groups excluding carboxylic acids is 1. The number of hydrogen-bond acceptors (Lipinski definition) is 9. The molecule has 260 valence electrons. The van der Waals surface area contributed by atoms with Gasteiger partial charge in [0.15, 0.2) is 6.29 Å². The number of rotatable bonds is 25. The molecule has 0 saturated carbocycles. The second kappa shape index (κ2) is 26.2. The van der Waals surface area contributed by atoms with Gasteiger partial charge in [-0.1, -0.05) is 94.6 Å². The van der Waals surface area contributed by atoms with Crippen molar-refractivity contribution in [3.63, 3.8) is 0 Å². The van der Waals surface area contributed by atoms with Gasteiger partial charge in [0.1, 0.15) is 30.5 Å². The lowest BCUT2D eigenvalue weighted by atomic mass is 9.99. The lowest BCUT2D eigenvalue weighted by Gasteiger charge is -2.40. The average molecular weight is 640 g/mol. The Bertz CT molecular complexity index is 860. The number of carbonyl (C=O) groups is 1. The predicted molar refractivity (Wildman–Crippen MR) is 176 cm³/mol. The molecule has 0 aromatic carbocycles. The summed E-state index contributed by atoms with van der Waals surface area (Å²) in [6.45, 7) is 3.38. The quantitative estimate of drug-likeness (QED) is 0.0581. The zero-order valence-electron chi connectivity index (χ0n) is 27.5. The molecule has 0 spiro atoms. The molecule has 1 aliphatic heterocycles. The molecule has 8 atom stereocenters. The Balaban J connectivity index is 2.67. The van der Waals surface area contributed by atoms with Crippen LogP contribution in [0.2, 0.25) is 0 Å². The minimum absolute atomic E-state index is 0.276. The number of unbranched alkanes of at least 4 members (excludes halogenated alkanes) is 8. The number of ether oxygens (including phenoxy) is 2. The Kier molecular flexibility index (Phi) is 24.0. The third-order valence-electron chi connectivity index (χ3n) is 7.69. The summed E-state index contributed by atoms with van der Waals surface area (Å²) in [5.74, 6) is -0.653. The van der Waals surface area contributed by atoms with Gasteiger partial charge in [0, 0.05) is 0 Å². The fraction of sp³-hybridized carbons (Fsp3) is 0.743. The van der Waals surface area contributed by atoms with Gasteiger partial charge in [-0.3, -0.25) is 4.79 Å². The molecule has 0 aliphatic carbocycles. The summed E-state index contributed by atoms with van der Waals surface area (Å²) in [6, 6.07) is -1.01. The summed E-state index contributed by atoms with van der Waals surface area (Å²) in [5, 5.41) is 63.9. The zero-order chi connectivity index (χ0) is 33.3. The number of amides is 1. The van der Waals surface area contributed by atoms with Crippen LogP contribution < -0.4 is 5.32 Å². The first-order valence-corrected chi connectivity index (χ1v) is 17.0. The molecule has 0 radical (unpaired) electrons. The molecular formula is C35H61NO9. The van der Waals surface area contributed by atoms with Crippen molar-refractivity contribution in [1.29, 1.82) is 0 Å². The van der Waals surface area contributed by atoms with Crippen molar-refractivity contribution in [2.75, 3.05) is 13.2 Å². The summed E-state index contributed by atoms with van der Waals surface area (Å²) in [4.78, 5) is 12.8. The van der Waals surface area contributed by atoms with Crippen LogP contribution in [0.4, 0.5) is 0 Å². The Morgan fingerprint density at radius 3 is 1.98 bits per heavy atom. The van der Waals surface area contributed by atoms with Gasteiger partial charge in [-0.25, -0.2) is 0 Å². The second-order valence-electron chi connectivity index (χ2n) is 11.7. The number of allylic oxidation sites excluding steroid dienone is 7. The van der Waals surface area contributed by atoms with Crippen LogP contribution in [0.15, 0.2) is 48.6 Å². The van der Waals surface area contributed by atoms with Crippen molar-refractivity contribution >= 4 is 5.91 Å². The van der Waals surface area contributed by atoms with Crippen LogP contribution in [0.3, 0.4) is 0 Å². The van der Waals surface area contributed by atoms with E-state index in [0.717, 1.165) is 57.8 Å². The van der Waals surface area contributed by atoms with Crippen LogP contribution in [-0.4, -0.2) is 98.7 Å². The summed E-state index contributed by atoms with van der Waals surface area (Å²) < 4.78 is 11.0. The number of hydrogen-bond donors (Lipinski definition) is 7. The first-order valence-electron chi connectivity index (χ1n) is 17.0. The van der Waals surface area contributed by atoms with Gasteiger partial charge in [-0.15, -0.1) is 0 Å². The Labute approximate surface area is 270 Å². The van der Waals surface area contributed by atoms with Gasteiger partial charge in [-0.2, -0.15) is 0 Å². The van der Waals surface area contributed by atoms with Crippen LogP contribution in [-0.2, 0) is 14.3 Å². The highest BCUT2D eigenvalue weighted by Gasteiger charge is 2.44. The topological polar surface area (TPSA) is 169 Å². The van der Waals surface area contributed by atoms with Crippen LogP contribution in [0.1, 0.15) is 104 Å². The molecule has 10 nitrogen and oxygen atoms in total. The van der Waals surface area contributed by atoms with Gasteiger partial charge >= 0.3 is 0 Å². The Hall–Kier alpha value is -1.89. The van der Waals surface area contributed by atoms with E-state index < -0.39 is 61.5 Å². The minimum Gasteiger partial charge on any atom is -0.394 e. The number of aliphatic hydroxyl groups excluding tert-OH is 6. The van der Waals surface area contributed by atoms with Crippen LogP contribution in [0.5, 0.6) is 0 Å². The van der Waals surface area contributed by atoms with Crippen LogP contribution >= 0.6 is 0 Å². The van der Waals surface area contributed by atoms with Crippen molar-refractivity contribution < 1.29 is 44.9 Å². The highest BCUT2D eigenvalue weighted by atomic mass is 16.7. The fourth-order valence-corrected chi connectivity index (χ4v) is 4.77. The van der Waals surface area contributed by atoms with Crippen LogP contribution in [0, 0.1) is 0 Å². The molecule has 8 unspecified atom stereocenters. The molecule has 0 aromatic heterocycles. The normalized spacial score (nSPS) is 24.7. The van der Waals surface area contributed by atoms with Gasteiger partial charge in [0.2, 0.25) is 5.91 Å². The summed E-state index contributed by atoms with van der Waals surface area (Å²) in [6.07, 6.45) is 19.4. The van der Waals surface area contributed by atoms with E-state index in [9.17, 15) is 35.4 Å². The second-order valence-corrected chi connectivity index (χ2v) is 11.7. The highest BCUT2D eigenvalue weighted by Crippen LogP contribution is 2.22. The van der Waals surface area contributed by atoms with E-state index in [1.807, 2.05) is 0 Å². The predicted octanol–water partition coefficient (Wildman–Crippen LogP) is 3.74. The van der Waals surface area contributed by atoms with Gasteiger partial charge < -0.3 is 45.4 Å². The molecule has 1 saturated heterocycles. The van der Waals surface area contributed by atoms with Crippen molar-refractivity contribution in [2.24, 2.45) is 0 Å². The monoisotopic (exact) mass is 639 g/mol. The Morgan fingerprint density at radius 1 is 0.756 bits per heavy atom. The fourth-order valence-electron chi connectivity index (χ4n) is 4.77. The maximum Gasteiger partial charge on any atom is 0.249 e. The van der Waals surface area contributed by atoms with Gasteiger partial charge in [-0.05, 0) is 57.8 Å². The zero-order valence-corrected chi connectivity index (χ0v) is 27.5. The number of aliphatic hydroxyl groups is 6. The van der Waals surface area contributed by atoms with Gasteiger partial charge in [0.25, 0.3) is 0 Å². The lowest BCUT2D eigenvalue weighted by Crippen LogP contribution is -2.60. The molecule has 45 heavy (non-hydrogen) atoms. The van der Waals surface area contributed by atoms with E-state index in [1.54, 1.807) is 12.2 Å². The molecular weight excluding hydrogens is 578 g/mol. The molecule has 1 aliphatic rings. The maximum atomic E-state index is 12.8. The first-order chi connectivity index (χ1) is 21.8.